The summed E-state index contributed by atoms with van der Waals surface area (Å²) >= 11 is 6.28. The number of carbonyl (C=O) groups excluding carboxylic acids is 3. The van der Waals surface area contributed by atoms with Crippen molar-refractivity contribution in [2.45, 2.75) is 38.2 Å². The van der Waals surface area contributed by atoms with Gasteiger partial charge in [-0.3, -0.25) is 9.59 Å². The molecule has 1 saturated heterocycles. The topological polar surface area (TPSA) is 102 Å². The van der Waals surface area contributed by atoms with Crippen molar-refractivity contribution in [1.82, 2.24) is 15.1 Å². The van der Waals surface area contributed by atoms with Crippen LogP contribution in [0.3, 0.4) is 0 Å². The fourth-order valence-electron chi connectivity index (χ4n) is 4.58. The molecule has 2 N–H and O–H groups in total. The molecule has 210 valence electrons. The number of likely N-dealkylation sites (tertiary alicyclic amines) is 1. The first-order chi connectivity index (χ1) is 18.4. The molecule has 2 aromatic rings. The Morgan fingerprint density at radius 1 is 1.15 bits per heavy atom. The Balaban J connectivity index is 1.49. The van der Waals surface area contributed by atoms with E-state index in [0.29, 0.717) is 24.2 Å². The number of rotatable bonds is 5. The second kappa shape index (κ2) is 11.7. The SMILES string of the molecule is C[C@@H]1CN(C(=O)c2ccc(OCC(F)(F)F)cc2Cl)c2ccccc2CN1C(=O)NCC(=O)N1CC[C@@H](O)C1. The number of anilines is 1. The van der Waals surface area contributed by atoms with E-state index >= 15 is 0 Å². The largest absolute Gasteiger partial charge is 0.484 e. The van der Waals surface area contributed by atoms with Gasteiger partial charge in [-0.05, 0) is 43.2 Å². The number of ether oxygens (including phenoxy) is 1. The minimum absolute atomic E-state index is 0.0642. The molecule has 2 aliphatic heterocycles. The molecule has 9 nitrogen and oxygen atoms in total. The fourth-order valence-corrected chi connectivity index (χ4v) is 4.83. The molecule has 2 atom stereocenters. The molecule has 0 radical (unpaired) electrons. The van der Waals surface area contributed by atoms with E-state index in [0.717, 1.165) is 6.07 Å². The maximum Gasteiger partial charge on any atom is 0.422 e. The normalized spacial score (nSPS) is 19.4. The summed E-state index contributed by atoms with van der Waals surface area (Å²) in [5, 5.41) is 12.2. The van der Waals surface area contributed by atoms with Gasteiger partial charge in [0.15, 0.2) is 6.61 Å². The first kappa shape index (κ1) is 28.5. The van der Waals surface area contributed by atoms with E-state index in [9.17, 15) is 32.7 Å². The summed E-state index contributed by atoms with van der Waals surface area (Å²) in [6.45, 7) is 0.976. The molecule has 0 unspecified atom stereocenters. The number of β-amino-alcohol motifs (C(OH)–C–C–N with tert-alkyl or cyclic N) is 1. The predicted octanol–water partition coefficient (Wildman–Crippen LogP) is 3.43. The van der Waals surface area contributed by atoms with E-state index in [1.807, 2.05) is 0 Å². The molecule has 39 heavy (non-hydrogen) atoms. The summed E-state index contributed by atoms with van der Waals surface area (Å²) in [5.41, 5.74) is 1.30. The summed E-state index contributed by atoms with van der Waals surface area (Å²) in [6.07, 6.45) is -4.58. The van der Waals surface area contributed by atoms with Crippen LogP contribution in [-0.2, 0) is 11.3 Å². The number of para-hydroxylation sites is 1. The van der Waals surface area contributed by atoms with Crippen molar-refractivity contribution in [2.24, 2.45) is 0 Å². The van der Waals surface area contributed by atoms with Crippen LogP contribution in [0, 0.1) is 0 Å². The fraction of sp³-hybridized carbons (Fsp3) is 0.423. The van der Waals surface area contributed by atoms with Crippen molar-refractivity contribution in [3.63, 3.8) is 0 Å². The smallest absolute Gasteiger partial charge is 0.422 e. The van der Waals surface area contributed by atoms with Crippen LogP contribution in [0.1, 0.15) is 29.3 Å². The third kappa shape index (κ3) is 6.93. The molecule has 13 heteroatoms. The first-order valence-corrected chi connectivity index (χ1v) is 12.7. The number of halogens is 4. The Labute approximate surface area is 228 Å². The van der Waals surface area contributed by atoms with Crippen LogP contribution in [0.4, 0.5) is 23.7 Å². The lowest BCUT2D eigenvalue weighted by molar-refractivity contribution is -0.153. The third-order valence-electron chi connectivity index (χ3n) is 6.59. The number of hydrogen-bond donors (Lipinski definition) is 2. The average Bonchev–Trinajstić information content (AvgIpc) is 3.26. The van der Waals surface area contributed by atoms with Gasteiger partial charge in [-0.25, -0.2) is 4.79 Å². The Hall–Kier alpha value is -3.51. The molecule has 0 spiro atoms. The molecule has 4 rings (SSSR count). The zero-order chi connectivity index (χ0) is 28.3. The summed E-state index contributed by atoms with van der Waals surface area (Å²) < 4.78 is 42.2. The summed E-state index contributed by atoms with van der Waals surface area (Å²) in [5.74, 6) is -0.914. The standard InChI is InChI=1S/C26H28ClF3N4O5/c1-16-12-34(24(37)20-7-6-19(10-21(20)27)39-15-26(28,29)30)22-5-3-2-4-17(22)13-33(16)25(38)31-11-23(36)32-9-8-18(35)14-32/h2-7,10,16,18,35H,8-9,11-15H2,1H3,(H,31,38)/t16-,18-/m1/s1. The first-order valence-electron chi connectivity index (χ1n) is 12.3. The highest BCUT2D eigenvalue weighted by molar-refractivity contribution is 6.34. The predicted molar refractivity (Wildman–Crippen MR) is 137 cm³/mol. The number of urea groups is 1. The Morgan fingerprint density at radius 2 is 1.90 bits per heavy atom. The van der Waals surface area contributed by atoms with E-state index in [2.05, 4.69) is 5.32 Å². The van der Waals surface area contributed by atoms with Crippen LogP contribution in [-0.4, -0.2) is 83.9 Å². The molecule has 0 bridgehead atoms. The number of alkyl halides is 3. The number of fused-ring (bicyclic) bond motifs is 1. The van der Waals surface area contributed by atoms with Gasteiger partial charge < -0.3 is 29.9 Å². The number of hydrogen-bond acceptors (Lipinski definition) is 5. The van der Waals surface area contributed by atoms with E-state index < -0.39 is 36.9 Å². The Morgan fingerprint density at radius 3 is 2.56 bits per heavy atom. The Kier molecular flexibility index (Phi) is 8.55. The number of aliphatic hydroxyl groups is 1. The molecule has 0 aromatic heterocycles. The minimum Gasteiger partial charge on any atom is -0.484 e. The van der Waals surface area contributed by atoms with Crippen molar-refractivity contribution >= 4 is 35.1 Å². The second-order valence-electron chi connectivity index (χ2n) is 9.51. The molecule has 2 heterocycles. The number of nitrogens with one attached hydrogen (secondary N) is 1. The average molecular weight is 569 g/mol. The number of carbonyl (C=O) groups is 3. The lowest BCUT2D eigenvalue weighted by atomic mass is 10.1. The van der Waals surface area contributed by atoms with Gasteiger partial charge in [-0.1, -0.05) is 29.8 Å². The van der Waals surface area contributed by atoms with E-state index in [4.69, 9.17) is 16.3 Å². The zero-order valence-corrected chi connectivity index (χ0v) is 21.8. The van der Waals surface area contributed by atoms with Crippen LogP contribution >= 0.6 is 11.6 Å². The van der Waals surface area contributed by atoms with Gasteiger partial charge in [0.2, 0.25) is 5.91 Å². The van der Waals surface area contributed by atoms with Crippen LogP contribution in [0.2, 0.25) is 5.02 Å². The Bertz CT molecular complexity index is 1240. The highest BCUT2D eigenvalue weighted by Gasteiger charge is 2.33. The van der Waals surface area contributed by atoms with Gasteiger partial charge in [0, 0.05) is 37.9 Å². The summed E-state index contributed by atoms with van der Waals surface area (Å²) in [4.78, 5) is 43.6. The van der Waals surface area contributed by atoms with Crippen molar-refractivity contribution in [2.75, 3.05) is 37.7 Å². The van der Waals surface area contributed by atoms with E-state index in [-0.39, 0.29) is 48.4 Å². The van der Waals surface area contributed by atoms with Gasteiger partial charge in [-0.15, -0.1) is 0 Å². The van der Waals surface area contributed by atoms with Crippen LogP contribution in [0.5, 0.6) is 5.75 Å². The van der Waals surface area contributed by atoms with Crippen LogP contribution in [0.25, 0.3) is 0 Å². The van der Waals surface area contributed by atoms with Gasteiger partial charge in [0.05, 0.1) is 23.2 Å². The second-order valence-corrected chi connectivity index (χ2v) is 9.92. The van der Waals surface area contributed by atoms with Gasteiger partial charge in [0.1, 0.15) is 5.75 Å². The number of amides is 4. The van der Waals surface area contributed by atoms with Crippen LogP contribution in [0.15, 0.2) is 42.5 Å². The lowest BCUT2D eigenvalue weighted by Gasteiger charge is -2.29. The lowest BCUT2D eigenvalue weighted by Crippen LogP contribution is -2.50. The van der Waals surface area contributed by atoms with Crippen LogP contribution < -0.4 is 15.0 Å². The molecule has 2 aromatic carbocycles. The minimum atomic E-state index is -4.52. The van der Waals surface area contributed by atoms with Crippen molar-refractivity contribution in [1.29, 1.82) is 0 Å². The number of aliphatic hydroxyl groups excluding tert-OH is 1. The molecule has 0 aliphatic carbocycles. The highest BCUT2D eigenvalue weighted by atomic mass is 35.5. The summed E-state index contributed by atoms with van der Waals surface area (Å²) in [6, 6.07) is 9.78. The van der Waals surface area contributed by atoms with Gasteiger partial charge >= 0.3 is 12.2 Å². The molecular formula is C26H28ClF3N4O5. The highest BCUT2D eigenvalue weighted by Crippen LogP contribution is 2.31. The third-order valence-corrected chi connectivity index (χ3v) is 6.90. The molecule has 2 aliphatic rings. The molecule has 1 fully saturated rings. The maximum atomic E-state index is 13.6. The van der Waals surface area contributed by atoms with Crippen molar-refractivity contribution < 1.29 is 37.4 Å². The van der Waals surface area contributed by atoms with Crippen molar-refractivity contribution in [3.8, 4) is 5.75 Å². The maximum absolute atomic E-state index is 13.6. The van der Waals surface area contributed by atoms with Gasteiger partial charge in [-0.2, -0.15) is 13.2 Å². The molecular weight excluding hydrogens is 541 g/mol. The molecule has 0 saturated carbocycles. The van der Waals surface area contributed by atoms with Gasteiger partial charge in [0.25, 0.3) is 5.91 Å². The van der Waals surface area contributed by atoms with E-state index in [1.165, 1.54) is 26.8 Å². The number of benzene rings is 2. The van der Waals surface area contributed by atoms with Crippen molar-refractivity contribution in [3.05, 3.63) is 58.6 Å². The summed E-state index contributed by atoms with van der Waals surface area (Å²) in [7, 11) is 0. The number of nitrogens with zero attached hydrogens (tertiary/aromatic N) is 3. The monoisotopic (exact) mass is 568 g/mol. The van der Waals surface area contributed by atoms with E-state index in [1.54, 1.807) is 31.2 Å². The zero-order valence-electron chi connectivity index (χ0n) is 21.1. The quantitative estimate of drug-likeness (QED) is 0.575. The molecule has 4 amide bonds.